The smallest absolute Gasteiger partial charge is 0.223 e. The summed E-state index contributed by atoms with van der Waals surface area (Å²) in [5.74, 6) is -0.568. The Hall–Kier alpha value is -1.98. The number of alkyl halides is 3. The Balaban J connectivity index is 1.73. The fourth-order valence-electron chi connectivity index (χ4n) is 3.16. The summed E-state index contributed by atoms with van der Waals surface area (Å²) >= 11 is 0. The van der Waals surface area contributed by atoms with Gasteiger partial charge in [-0.05, 0) is 61.4 Å². The van der Waals surface area contributed by atoms with E-state index in [1.807, 2.05) is 0 Å². The van der Waals surface area contributed by atoms with Crippen LogP contribution < -0.4 is 0 Å². The molecule has 0 amide bonds. The third-order valence-corrected chi connectivity index (χ3v) is 8.99. The number of hydrogen-bond acceptors (Lipinski definition) is 4. The molecule has 0 atom stereocenters. The molecule has 0 aromatic heterocycles. The minimum Gasteiger partial charge on any atom is -0.223 e. The van der Waals surface area contributed by atoms with Gasteiger partial charge in [0.1, 0.15) is 5.82 Å². The van der Waals surface area contributed by atoms with Crippen molar-refractivity contribution in [2.45, 2.75) is 34.1 Å². The summed E-state index contributed by atoms with van der Waals surface area (Å²) in [6, 6.07) is 7.57. The van der Waals surface area contributed by atoms with Crippen molar-refractivity contribution in [1.82, 2.24) is 4.31 Å². The van der Waals surface area contributed by atoms with Crippen molar-refractivity contribution in [2.24, 2.45) is 0 Å². The van der Waals surface area contributed by atoms with E-state index >= 15 is 0 Å². The van der Waals surface area contributed by atoms with Gasteiger partial charge in [-0.25, -0.2) is 21.2 Å². The maximum absolute atomic E-state index is 13.0. The van der Waals surface area contributed by atoms with Crippen molar-refractivity contribution in [3.05, 3.63) is 59.9 Å². The van der Waals surface area contributed by atoms with Crippen LogP contribution in [0.15, 0.2) is 58.3 Å². The molecule has 2 aromatic carbocycles. The molecule has 5 nitrogen and oxygen atoms in total. The minimum absolute atomic E-state index is 0.0274. The molecule has 29 heavy (non-hydrogen) atoms. The number of sulfone groups is 1. The predicted molar refractivity (Wildman–Crippen MR) is 96.8 cm³/mol. The van der Waals surface area contributed by atoms with Gasteiger partial charge in [0, 0.05) is 13.1 Å². The maximum atomic E-state index is 13.0. The fourth-order valence-corrected chi connectivity index (χ4v) is 6.37. The molecular weight excluding hydrogens is 434 g/mol. The second-order valence-corrected chi connectivity index (χ2v) is 10.8. The Morgan fingerprint density at radius 3 is 1.76 bits per heavy atom. The molecule has 0 N–H and O–H groups in total. The number of halogens is 4. The highest BCUT2D eigenvalue weighted by Gasteiger charge is 2.36. The lowest BCUT2D eigenvalue weighted by atomic mass is 10.2. The van der Waals surface area contributed by atoms with E-state index in [4.69, 9.17) is 0 Å². The first-order valence-corrected chi connectivity index (χ1v) is 11.6. The highest BCUT2D eigenvalue weighted by Crippen LogP contribution is 2.31. The maximum Gasteiger partial charge on any atom is 0.416 e. The molecule has 0 radical (unpaired) electrons. The molecule has 1 fully saturated rings. The Morgan fingerprint density at radius 1 is 0.793 bits per heavy atom. The highest BCUT2D eigenvalue weighted by molar-refractivity contribution is 7.92. The largest absolute Gasteiger partial charge is 0.416 e. The second kappa shape index (κ2) is 7.69. The average molecular weight is 451 g/mol. The van der Waals surface area contributed by atoms with Crippen LogP contribution in [0, 0.1) is 5.82 Å². The first-order valence-electron chi connectivity index (χ1n) is 8.59. The van der Waals surface area contributed by atoms with Crippen LogP contribution in [0.25, 0.3) is 0 Å². The minimum atomic E-state index is -4.57. The van der Waals surface area contributed by atoms with E-state index in [9.17, 15) is 34.4 Å². The lowest BCUT2D eigenvalue weighted by Crippen LogP contribution is -2.42. The van der Waals surface area contributed by atoms with Crippen LogP contribution in [-0.4, -0.2) is 39.5 Å². The molecule has 1 heterocycles. The topological polar surface area (TPSA) is 71.5 Å². The zero-order chi connectivity index (χ0) is 21.4. The zero-order valence-corrected chi connectivity index (χ0v) is 16.6. The highest BCUT2D eigenvalue weighted by atomic mass is 32.2. The summed E-state index contributed by atoms with van der Waals surface area (Å²) in [5.41, 5.74) is -0.958. The predicted octanol–water partition coefficient (Wildman–Crippen LogP) is 3.47. The van der Waals surface area contributed by atoms with E-state index in [2.05, 4.69) is 0 Å². The Bertz CT molecular complexity index is 1070. The van der Waals surface area contributed by atoms with Crippen molar-refractivity contribution in [3.63, 3.8) is 0 Å². The van der Waals surface area contributed by atoms with Gasteiger partial charge in [0.05, 0.1) is 20.6 Å². The average Bonchev–Trinajstić information content (AvgIpc) is 2.68. The Kier molecular flexibility index (Phi) is 5.76. The quantitative estimate of drug-likeness (QED) is 0.527. The lowest BCUT2D eigenvalue weighted by Gasteiger charge is -2.31. The normalized spacial score (nSPS) is 17.4. The van der Waals surface area contributed by atoms with E-state index in [0.29, 0.717) is 12.1 Å². The summed E-state index contributed by atoms with van der Waals surface area (Å²) in [7, 11) is -7.79. The van der Waals surface area contributed by atoms with Crippen LogP contribution in [0.5, 0.6) is 0 Å². The molecule has 1 aliphatic heterocycles. The van der Waals surface area contributed by atoms with Gasteiger partial charge in [-0.2, -0.15) is 17.5 Å². The van der Waals surface area contributed by atoms with E-state index in [1.165, 1.54) is 0 Å². The SMILES string of the molecule is O=S(=O)(c1ccc(F)cc1)C1CCN(S(=O)(=O)c2ccc(C(F)(F)F)cc2)CC1. The molecule has 0 aliphatic carbocycles. The van der Waals surface area contributed by atoms with Gasteiger partial charge < -0.3 is 0 Å². The molecule has 0 saturated carbocycles. The fraction of sp³-hybridized carbons (Fsp3) is 0.333. The van der Waals surface area contributed by atoms with Crippen LogP contribution in [0.2, 0.25) is 0 Å². The Morgan fingerprint density at radius 2 is 1.28 bits per heavy atom. The first kappa shape index (κ1) is 21.7. The molecule has 0 unspecified atom stereocenters. The Labute approximate surface area is 165 Å². The number of nitrogens with zero attached hydrogens (tertiary/aromatic N) is 1. The molecule has 11 heteroatoms. The lowest BCUT2D eigenvalue weighted by molar-refractivity contribution is -0.137. The van der Waals surface area contributed by atoms with Crippen molar-refractivity contribution < 1.29 is 34.4 Å². The molecule has 3 rings (SSSR count). The second-order valence-electron chi connectivity index (χ2n) is 6.62. The van der Waals surface area contributed by atoms with Crippen molar-refractivity contribution in [1.29, 1.82) is 0 Å². The van der Waals surface area contributed by atoms with Crippen molar-refractivity contribution in [2.75, 3.05) is 13.1 Å². The van der Waals surface area contributed by atoms with Gasteiger partial charge in [0.25, 0.3) is 0 Å². The third-order valence-electron chi connectivity index (χ3n) is 4.80. The molecule has 2 aromatic rings. The summed E-state index contributed by atoms with van der Waals surface area (Å²) in [4.78, 5) is -0.326. The van der Waals surface area contributed by atoms with E-state index in [1.54, 1.807) is 0 Å². The third kappa shape index (κ3) is 4.46. The summed E-state index contributed by atoms with van der Waals surface area (Å²) < 4.78 is 103. The van der Waals surface area contributed by atoms with Crippen LogP contribution in [0.3, 0.4) is 0 Å². The van der Waals surface area contributed by atoms with E-state index in [-0.39, 0.29) is 35.7 Å². The summed E-state index contributed by atoms with van der Waals surface area (Å²) in [6.45, 7) is -0.178. The van der Waals surface area contributed by atoms with Crippen LogP contribution in [0.1, 0.15) is 18.4 Å². The number of sulfonamides is 1. The monoisotopic (exact) mass is 451 g/mol. The molecule has 1 saturated heterocycles. The zero-order valence-electron chi connectivity index (χ0n) is 14.9. The van der Waals surface area contributed by atoms with Crippen molar-refractivity contribution >= 4 is 19.9 Å². The van der Waals surface area contributed by atoms with Crippen LogP contribution in [-0.2, 0) is 26.0 Å². The van der Waals surface area contributed by atoms with Gasteiger partial charge in [-0.1, -0.05) is 0 Å². The number of benzene rings is 2. The van der Waals surface area contributed by atoms with Gasteiger partial charge in [0.15, 0.2) is 9.84 Å². The van der Waals surface area contributed by atoms with E-state index in [0.717, 1.165) is 40.7 Å². The van der Waals surface area contributed by atoms with Crippen LogP contribution >= 0.6 is 0 Å². The molecule has 1 aliphatic rings. The van der Waals surface area contributed by atoms with Crippen molar-refractivity contribution in [3.8, 4) is 0 Å². The number of piperidine rings is 1. The summed E-state index contributed by atoms with van der Waals surface area (Å²) in [6.07, 6.45) is -4.52. The van der Waals surface area contributed by atoms with Gasteiger partial charge in [-0.15, -0.1) is 0 Å². The molecule has 0 bridgehead atoms. The van der Waals surface area contributed by atoms with Gasteiger partial charge in [0.2, 0.25) is 10.0 Å². The van der Waals surface area contributed by atoms with E-state index < -0.39 is 42.7 Å². The first-order chi connectivity index (χ1) is 13.4. The van der Waals surface area contributed by atoms with Gasteiger partial charge >= 0.3 is 6.18 Å². The number of rotatable bonds is 4. The van der Waals surface area contributed by atoms with Gasteiger partial charge in [-0.3, -0.25) is 0 Å². The standard InChI is InChI=1S/C18H17F4NO4S2/c19-14-3-7-15(8-4-14)28(24,25)16-9-11-23(12-10-16)29(26,27)17-5-1-13(2-6-17)18(20,21)22/h1-8,16H,9-12H2. The number of hydrogen-bond donors (Lipinski definition) is 0. The molecular formula is C18H17F4NO4S2. The molecule has 0 spiro atoms. The summed E-state index contributed by atoms with van der Waals surface area (Å²) in [5, 5.41) is -0.827. The molecule has 158 valence electrons. The van der Waals surface area contributed by atoms with Crippen LogP contribution in [0.4, 0.5) is 17.6 Å².